The van der Waals surface area contributed by atoms with Crippen LogP contribution in [0, 0.1) is 5.92 Å². The second-order valence-corrected chi connectivity index (χ2v) is 23.5. The zero-order valence-electron chi connectivity index (χ0n) is 22.9. The minimum Gasteiger partial charge on any atom is -0.420 e. The number of hydrogen-bond acceptors (Lipinski definition) is 4. The van der Waals surface area contributed by atoms with Crippen molar-refractivity contribution in [1.82, 2.24) is 0 Å². The molecule has 1 atom stereocenters. The van der Waals surface area contributed by atoms with Gasteiger partial charge in [0, 0.05) is 28.3 Å². The number of unbranched alkanes of at least 4 members (excludes halogenated alkanes) is 8. The fraction of sp³-hybridized carbons (Fsp3) is 1.00. The molecule has 0 spiro atoms. The lowest BCUT2D eigenvalue weighted by Gasteiger charge is -2.35. The van der Waals surface area contributed by atoms with Gasteiger partial charge in [-0.3, -0.25) is 4.21 Å². The van der Waals surface area contributed by atoms with Crippen molar-refractivity contribution in [3.8, 4) is 0 Å². The SMILES string of the molecule is C[SiH](C)O[Si](CCCCCCCCCCCS(=O)CC1CCCCC1)(O[SiH](C)C)O[SiH](C)C. The summed E-state index contributed by atoms with van der Waals surface area (Å²) >= 11 is 0. The third-order valence-electron chi connectivity index (χ3n) is 6.25. The first-order chi connectivity index (χ1) is 15.7. The molecule has 1 unspecified atom stereocenters. The van der Waals surface area contributed by atoms with Gasteiger partial charge < -0.3 is 12.3 Å². The third-order valence-corrected chi connectivity index (χ3v) is 18.8. The van der Waals surface area contributed by atoms with E-state index >= 15 is 0 Å². The van der Waals surface area contributed by atoms with E-state index in [0.717, 1.165) is 29.9 Å². The Hall–Kier alpha value is 0.898. The van der Waals surface area contributed by atoms with Gasteiger partial charge in [-0.05, 0) is 70.9 Å². The minimum absolute atomic E-state index is 0.570. The molecule has 1 aliphatic rings. The summed E-state index contributed by atoms with van der Waals surface area (Å²) in [6.45, 7) is 13.5. The third kappa shape index (κ3) is 17.1. The van der Waals surface area contributed by atoms with Crippen LogP contribution in [-0.2, 0) is 23.1 Å². The fourth-order valence-corrected chi connectivity index (χ4v) is 19.3. The van der Waals surface area contributed by atoms with Crippen molar-refractivity contribution in [3.63, 3.8) is 0 Å². The van der Waals surface area contributed by atoms with E-state index in [0.29, 0.717) is 0 Å². The van der Waals surface area contributed by atoms with Crippen LogP contribution in [0.15, 0.2) is 0 Å². The van der Waals surface area contributed by atoms with Crippen LogP contribution in [0.5, 0.6) is 0 Å². The molecule has 33 heavy (non-hydrogen) atoms. The summed E-state index contributed by atoms with van der Waals surface area (Å²) in [7, 11) is -6.54. The number of rotatable bonds is 20. The normalized spacial score (nSPS) is 16.9. The molecule has 0 saturated heterocycles. The summed E-state index contributed by atoms with van der Waals surface area (Å²) in [6, 6.07) is 1.02. The molecule has 198 valence electrons. The summed E-state index contributed by atoms with van der Waals surface area (Å²) in [6.07, 6.45) is 18.2. The van der Waals surface area contributed by atoms with E-state index < -0.39 is 46.7 Å². The van der Waals surface area contributed by atoms with Gasteiger partial charge in [-0.1, -0.05) is 64.2 Å². The molecule has 0 aromatic carbocycles. The molecular weight excluding hydrogens is 497 g/mol. The van der Waals surface area contributed by atoms with Crippen LogP contribution in [0.25, 0.3) is 0 Å². The maximum absolute atomic E-state index is 12.3. The molecule has 0 heterocycles. The smallest absolute Gasteiger partial charge is 0.420 e. The molecule has 1 saturated carbocycles. The fourth-order valence-electron chi connectivity index (χ4n) is 4.88. The highest BCUT2D eigenvalue weighted by Gasteiger charge is 2.42. The van der Waals surface area contributed by atoms with Gasteiger partial charge >= 0.3 is 8.80 Å². The van der Waals surface area contributed by atoms with E-state index in [1.165, 1.54) is 83.5 Å². The average Bonchev–Trinajstić information content (AvgIpc) is 2.71. The topological polar surface area (TPSA) is 44.8 Å². The van der Waals surface area contributed by atoms with Gasteiger partial charge in [0.1, 0.15) is 0 Å². The molecule has 0 amide bonds. The molecular formula is C24H56O4SSi4. The van der Waals surface area contributed by atoms with Gasteiger partial charge in [0.05, 0.1) is 0 Å². The van der Waals surface area contributed by atoms with Gasteiger partial charge in [0.25, 0.3) is 0 Å². The minimum atomic E-state index is -2.44. The van der Waals surface area contributed by atoms with Gasteiger partial charge in [-0.2, -0.15) is 0 Å². The van der Waals surface area contributed by atoms with Gasteiger partial charge in [-0.15, -0.1) is 0 Å². The Labute approximate surface area is 215 Å². The van der Waals surface area contributed by atoms with E-state index in [-0.39, 0.29) is 0 Å². The molecule has 0 bridgehead atoms. The van der Waals surface area contributed by atoms with E-state index in [1.807, 2.05) is 0 Å². The summed E-state index contributed by atoms with van der Waals surface area (Å²) in [5, 5.41) is 0. The zero-order chi connectivity index (χ0) is 24.5. The highest BCUT2D eigenvalue weighted by atomic mass is 32.2. The van der Waals surface area contributed by atoms with Crippen molar-refractivity contribution in [2.45, 2.75) is 135 Å². The van der Waals surface area contributed by atoms with Crippen molar-refractivity contribution >= 4 is 46.7 Å². The molecule has 0 aromatic rings. The van der Waals surface area contributed by atoms with Crippen molar-refractivity contribution in [2.24, 2.45) is 5.92 Å². The largest absolute Gasteiger partial charge is 0.468 e. The maximum Gasteiger partial charge on any atom is 0.468 e. The molecule has 0 aromatic heterocycles. The Morgan fingerprint density at radius 1 is 0.667 bits per heavy atom. The van der Waals surface area contributed by atoms with Crippen LogP contribution >= 0.6 is 0 Å². The van der Waals surface area contributed by atoms with Gasteiger partial charge in [-0.25, -0.2) is 0 Å². The van der Waals surface area contributed by atoms with E-state index in [4.69, 9.17) is 12.3 Å². The molecule has 4 nitrogen and oxygen atoms in total. The predicted molar refractivity (Wildman–Crippen MR) is 156 cm³/mol. The van der Waals surface area contributed by atoms with Crippen LogP contribution in [0.3, 0.4) is 0 Å². The molecule has 1 aliphatic carbocycles. The van der Waals surface area contributed by atoms with Crippen molar-refractivity contribution in [1.29, 1.82) is 0 Å². The quantitative estimate of drug-likeness (QED) is 0.124. The summed E-state index contributed by atoms with van der Waals surface area (Å²) < 4.78 is 31.7. The van der Waals surface area contributed by atoms with Crippen LogP contribution in [0.1, 0.15) is 89.9 Å². The van der Waals surface area contributed by atoms with Crippen molar-refractivity contribution in [3.05, 3.63) is 0 Å². The zero-order valence-corrected chi connectivity index (χ0v) is 28.2. The predicted octanol–water partition coefficient (Wildman–Crippen LogP) is 6.77. The first-order valence-electron chi connectivity index (χ1n) is 14.1. The Bertz CT molecular complexity index is 476. The lowest BCUT2D eigenvalue weighted by atomic mass is 9.91. The van der Waals surface area contributed by atoms with Gasteiger partial charge in [0.2, 0.25) is 0 Å². The molecule has 0 aliphatic heterocycles. The number of hydrogen-bond donors (Lipinski definition) is 0. The Morgan fingerprint density at radius 2 is 1.09 bits per heavy atom. The molecule has 1 rings (SSSR count). The molecule has 0 radical (unpaired) electrons. The Balaban J connectivity index is 2.09. The summed E-state index contributed by atoms with van der Waals surface area (Å²) in [4.78, 5) is 0. The lowest BCUT2D eigenvalue weighted by Crippen LogP contribution is -2.53. The van der Waals surface area contributed by atoms with Crippen LogP contribution < -0.4 is 0 Å². The standard InChI is InChI=1S/C24H56O4SSi4/c1-30(2)26-33(27-31(3)4,28-32(5)6)22-18-13-11-9-7-8-10-12-17-21-29(25)23-24-19-15-14-16-20-24/h24,30-32H,7-23H2,1-6H3. The monoisotopic (exact) mass is 552 g/mol. The Morgan fingerprint density at radius 3 is 1.55 bits per heavy atom. The summed E-state index contributed by atoms with van der Waals surface area (Å²) in [5.74, 6) is 2.67. The maximum atomic E-state index is 12.3. The first kappa shape index (κ1) is 31.9. The highest BCUT2D eigenvalue weighted by Crippen LogP contribution is 2.25. The average molecular weight is 553 g/mol. The van der Waals surface area contributed by atoms with Crippen molar-refractivity contribution in [2.75, 3.05) is 11.5 Å². The molecule has 1 fully saturated rings. The van der Waals surface area contributed by atoms with Crippen LogP contribution in [-0.4, -0.2) is 51.6 Å². The van der Waals surface area contributed by atoms with E-state index in [2.05, 4.69) is 39.3 Å². The lowest BCUT2D eigenvalue weighted by molar-refractivity contribution is 0.266. The van der Waals surface area contributed by atoms with Gasteiger partial charge in [0.15, 0.2) is 27.1 Å². The second-order valence-electron chi connectivity index (χ2n) is 10.9. The highest BCUT2D eigenvalue weighted by molar-refractivity contribution is 7.84. The molecule has 9 heteroatoms. The van der Waals surface area contributed by atoms with Crippen molar-refractivity contribution < 1.29 is 16.6 Å². The van der Waals surface area contributed by atoms with E-state index in [1.54, 1.807) is 0 Å². The molecule has 0 N–H and O–H groups in total. The van der Waals surface area contributed by atoms with Crippen LogP contribution in [0.2, 0.25) is 45.3 Å². The van der Waals surface area contributed by atoms with E-state index in [9.17, 15) is 4.21 Å². The summed E-state index contributed by atoms with van der Waals surface area (Å²) in [5.41, 5.74) is 0. The second kappa shape index (κ2) is 19.1. The first-order valence-corrected chi connectivity index (χ1v) is 25.9. The Kier molecular flexibility index (Phi) is 18.4. The van der Waals surface area contributed by atoms with Crippen LogP contribution in [0.4, 0.5) is 0 Å².